The lowest BCUT2D eigenvalue weighted by molar-refractivity contribution is -0.117. The number of aromatic nitrogens is 2. The average Bonchev–Trinajstić information content (AvgIpc) is 3.26. The number of carbonyl (C=O) groups excluding carboxylic acids is 1. The van der Waals surface area contributed by atoms with E-state index >= 15 is 0 Å². The Kier molecular flexibility index (Phi) is 4.84. The Balaban J connectivity index is 1.69. The van der Waals surface area contributed by atoms with Gasteiger partial charge < -0.3 is 14.2 Å². The van der Waals surface area contributed by atoms with Crippen LogP contribution in [0.25, 0.3) is 11.0 Å². The second-order valence-corrected chi connectivity index (χ2v) is 7.04. The van der Waals surface area contributed by atoms with Crippen molar-refractivity contribution in [2.75, 3.05) is 18.6 Å². The second-order valence-electron chi connectivity index (χ2n) is 7.04. The summed E-state index contributed by atoms with van der Waals surface area (Å²) in [5, 5.41) is 0. The molecular formula is C22H25N3O2. The van der Waals surface area contributed by atoms with Crippen LogP contribution in [0.1, 0.15) is 37.9 Å². The smallest absolute Gasteiger partial charge is 0.227 e. The fourth-order valence-electron chi connectivity index (χ4n) is 3.92. The molecule has 1 aromatic heterocycles. The van der Waals surface area contributed by atoms with E-state index in [1.807, 2.05) is 35.2 Å². The molecule has 0 bridgehead atoms. The highest BCUT2D eigenvalue weighted by molar-refractivity contribution is 5.97. The lowest BCUT2D eigenvalue weighted by Crippen LogP contribution is -2.25. The summed E-state index contributed by atoms with van der Waals surface area (Å²) in [6, 6.07) is 15.9. The van der Waals surface area contributed by atoms with Crippen molar-refractivity contribution in [3.63, 3.8) is 0 Å². The van der Waals surface area contributed by atoms with Crippen molar-refractivity contribution in [1.82, 2.24) is 9.55 Å². The summed E-state index contributed by atoms with van der Waals surface area (Å²) in [6.07, 6.45) is 2.71. The van der Waals surface area contributed by atoms with Gasteiger partial charge in [-0.15, -0.1) is 0 Å². The normalized spacial score (nSPS) is 17.0. The molecular weight excluding hydrogens is 338 g/mol. The van der Waals surface area contributed by atoms with Gasteiger partial charge in [0.15, 0.2) is 0 Å². The largest absolute Gasteiger partial charge is 0.495 e. The molecule has 0 aliphatic carbocycles. The van der Waals surface area contributed by atoms with Gasteiger partial charge in [-0.3, -0.25) is 4.79 Å². The summed E-state index contributed by atoms with van der Waals surface area (Å²) in [6.45, 7) is 3.77. The summed E-state index contributed by atoms with van der Waals surface area (Å²) in [7, 11) is 1.64. The Bertz CT molecular complexity index is 963. The number of fused-ring (bicyclic) bond motifs is 1. The first kappa shape index (κ1) is 17.6. The Morgan fingerprint density at radius 3 is 2.74 bits per heavy atom. The van der Waals surface area contributed by atoms with E-state index in [1.165, 1.54) is 0 Å². The van der Waals surface area contributed by atoms with E-state index in [-0.39, 0.29) is 11.8 Å². The molecule has 1 saturated heterocycles. The van der Waals surface area contributed by atoms with Crippen LogP contribution in [0, 0.1) is 0 Å². The van der Waals surface area contributed by atoms with E-state index in [9.17, 15) is 4.79 Å². The average molecular weight is 363 g/mol. The fourth-order valence-corrected chi connectivity index (χ4v) is 3.92. The first-order chi connectivity index (χ1) is 13.2. The van der Waals surface area contributed by atoms with Crippen molar-refractivity contribution < 1.29 is 9.53 Å². The van der Waals surface area contributed by atoms with Crippen molar-refractivity contribution >= 4 is 22.6 Å². The van der Waals surface area contributed by atoms with Gasteiger partial charge >= 0.3 is 0 Å². The maximum atomic E-state index is 12.8. The number of aryl methyl sites for hydroxylation is 1. The van der Waals surface area contributed by atoms with E-state index in [4.69, 9.17) is 9.72 Å². The lowest BCUT2D eigenvalue weighted by atomic mass is 10.1. The third-order valence-electron chi connectivity index (χ3n) is 5.29. The fraction of sp³-hybridized carbons (Fsp3) is 0.364. The van der Waals surface area contributed by atoms with Crippen molar-refractivity contribution in [3.8, 4) is 5.75 Å². The minimum atomic E-state index is 0.0895. The number of amides is 1. The number of methoxy groups -OCH3 is 1. The maximum absolute atomic E-state index is 12.8. The van der Waals surface area contributed by atoms with Gasteiger partial charge in [0.2, 0.25) is 5.91 Å². The number of nitrogens with zero attached hydrogens (tertiary/aromatic N) is 3. The predicted octanol–water partition coefficient (Wildman–Crippen LogP) is 4.37. The third-order valence-corrected chi connectivity index (χ3v) is 5.29. The maximum Gasteiger partial charge on any atom is 0.227 e. The third kappa shape index (κ3) is 3.18. The molecule has 0 radical (unpaired) electrons. The number of benzene rings is 2. The van der Waals surface area contributed by atoms with Gasteiger partial charge in [0.05, 0.1) is 23.8 Å². The molecule has 0 spiro atoms. The Morgan fingerprint density at radius 2 is 1.93 bits per heavy atom. The first-order valence-corrected chi connectivity index (χ1v) is 9.61. The van der Waals surface area contributed by atoms with Crippen LogP contribution >= 0.6 is 0 Å². The summed E-state index contributed by atoms with van der Waals surface area (Å²) in [4.78, 5) is 19.5. The standard InChI is InChI=1S/C22H25N3O2/c1-3-4-13-24-18-10-6-5-9-17(18)23-22(24)16-14-21(26)25(15-16)19-11-7-8-12-20(19)27-2/h5-12,16H,3-4,13-15H2,1-2H3. The summed E-state index contributed by atoms with van der Waals surface area (Å²) in [5.41, 5.74) is 3.00. The number of carbonyl (C=O) groups is 1. The minimum Gasteiger partial charge on any atom is -0.495 e. The Morgan fingerprint density at radius 1 is 1.15 bits per heavy atom. The summed E-state index contributed by atoms with van der Waals surface area (Å²) < 4.78 is 7.77. The molecule has 1 aliphatic heterocycles. The van der Waals surface area contributed by atoms with Gasteiger partial charge in [-0.05, 0) is 30.7 Å². The predicted molar refractivity (Wildman–Crippen MR) is 107 cm³/mol. The molecule has 4 rings (SSSR count). The molecule has 5 heteroatoms. The number of hydrogen-bond donors (Lipinski definition) is 0. The molecule has 2 heterocycles. The van der Waals surface area contributed by atoms with Crippen molar-refractivity contribution in [2.24, 2.45) is 0 Å². The number of anilines is 1. The van der Waals surface area contributed by atoms with Gasteiger partial charge in [-0.1, -0.05) is 37.6 Å². The highest BCUT2D eigenvalue weighted by Gasteiger charge is 2.35. The van der Waals surface area contributed by atoms with E-state index in [2.05, 4.69) is 29.7 Å². The van der Waals surface area contributed by atoms with Crippen molar-refractivity contribution in [3.05, 3.63) is 54.4 Å². The van der Waals surface area contributed by atoms with E-state index in [0.717, 1.165) is 47.7 Å². The van der Waals surface area contributed by atoms with Crippen LogP contribution in [-0.2, 0) is 11.3 Å². The number of unbranched alkanes of at least 4 members (excludes halogenated alkanes) is 1. The topological polar surface area (TPSA) is 47.4 Å². The number of imidazole rings is 1. The van der Waals surface area contributed by atoms with Gasteiger partial charge in [-0.25, -0.2) is 4.98 Å². The van der Waals surface area contributed by atoms with Crippen LogP contribution in [0.2, 0.25) is 0 Å². The monoisotopic (exact) mass is 363 g/mol. The quantitative estimate of drug-likeness (QED) is 0.653. The molecule has 1 atom stereocenters. The van der Waals surface area contributed by atoms with Gasteiger partial charge in [0, 0.05) is 25.4 Å². The number of ether oxygens (including phenoxy) is 1. The number of rotatable bonds is 6. The molecule has 1 aliphatic rings. The summed E-state index contributed by atoms with van der Waals surface area (Å²) in [5.74, 6) is 1.96. The van der Waals surface area contributed by atoms with Crippen LogP contribution in [-0.4, -0.2) is 29.1 Å². The Hall–Kier alpha value is -2.82. The highest BCUT2D eigenvalue weighted by Crippen LogP contribution is 2.37. The zero-order valence-corrected chi connectivity index (χ0v) is 15.9. The van der Waals surface area contributed by atoms with Crippen LogP contribution in [0.15, 0.2) is 48.5 Å². The molecule has 1 unspecified atom stereocenters. The molecule has 1 amide bonds. The zero-order chi connectivity index (χ0) is 18.8. The SMILES string of the molecule is CCCCn1c(C2CC(=O)N(c3ccccc3OC)C2)nc2ccccc21. The van der Waals surface area contributed by atoms with Crippen LogP contribution in [0.5, 0.6) is 5.75 Å². The zero-order valence-electron chi connectivity index (χ0n) is 15.9. The number of para-hydroxylation sites is 4. The van der Waals surface area contributed by atoms with E-state index in [0.29, 0.717) is 13.0 Å². The second kappa shape index (κ2) is 7.43. The Labute approximate surface area is 159 Å². The molecule has 1 fully saturated rings. The van der Waals surface area contributed by atoms with Crippen LogP contribution in [0.3, 0.4) is 0 Å². The van der Waals surface area contributed by atoms with Crippen molar-refractivity contribution in [2.45, 2.75) is 38.6 Å². The molecule has 2 aromatic carbocycles. The number of hydrogen-bond acceptors (Lipinski definition) is 3. The van der Waals surface area contributed by atoms with E-state index in [1.54, 1.807) is 7.11 Å². The molecule has 0 saturated carbocycles. The van der Waals surface area contributed by atoms with Gasteiger partial charge in [0.25, 0.3) is 0 Å². The first-order valence-electron chi connectivity index (χ1n) is 9.61. The van der Waals surface area contributed by atoms with Crippen LogP contribution < -0.4 is 9.64 Å². The minimum absolute atomic E-state index is 0.0895. The molecule has 3 aromatic rings. The molecule has 27 heavy (non-hydrogen) atoms. The van der Waals surface area contributed by atoms with Crippen LogP contribution in [0.4, 0.5) is 5.69 Å². The summed E-state index contributed by atoms with van der Waals surface area (Å²) >= 11 is 0. The lowest BCUT2D eigenvalue weighted by Gasteiger charge is -2.19. The van der Waals surface area contributed by atoms with Crippen molar-refractivity contribution in [1.29, 1.82) is 0 Å². The highest BCUT2D eigenvalue weighted by atomic mass is 16.5. The van der Waals surface area contributed by atoms with Gasteiger partial charge in [-0.2, -0.15) is 0 Å². The van der Waals surface area contributed by atoms with Gasteiger partial charge in [0.1, 0.15) is 11.6 Å². The molecule has 0 N–H and O–H groups in total. The van der Waals surface area contributed by atoms with E-state index < -0.39 is 0 Å². The molecule has 5 nitrogen and oxygen atoms in total. The molecule has 140 valence electrons.